The number of benzene rings is 4. The minimum Gasteiger partial charge on any atom is -0.493 e. The third-order valence-corrected chi connectivity index (χ3v) is 19.4. The van der Waals surface area contributed by atoms with Crippen LogP contribution in [0.2, 0.25) is 18.1 Å². The van der Waals surface area contributed by atoms with Crippen LogP contribution in [0.3, 0.4) is 0 Å². The van der Waals surface area contributed by atoms with Crippen molar-refractivity contribution in [3.8, 4) is 23.0 Å². The highest BCUT2D eigenvalue weighted by atomic mass is 35.6. The Kier molecular flexibility index (Phi) is 16.5. The Hall–Kier alpha value is -6.24. The molecule has 4 atom stereocenters. The summed E-state index contributed by atoms with van der Waals surface area (Å²) in [6.07, 6.45) is 2.80. The maximum atomic E-state index is 15.0. The Morgan fingerprint density at radius 3 is 1.68 bits per heavy atom. The number of aryl methyl sites for hydroxylation is 1. The van der Waals surface area contributed by atoms with Crippen molar-refractivity contribution < 1.29 is 56.8 Å². The summed E-state index contributed by atoms with van der Waals surface area (Å²) >= 11 is 18.4. The van der Waals surface area contributed by atoms with Crippen LogP contribution < -0.4 is 28.7 Å². The number of fused-ring (bicyclic) bond motifs is 4. The third-order valence-electron chi connectivity index (χ3n) is 14.6. The zero-order valence-electron chi connectivity index (χ0n) is 44.2. The zero-order chi connectivity index (χ0) is 55.0. The molecular weight excluding hydrogens is 1060 g/mol. The molecule has 0 unspecified atom stereocenters. The van der Waals surface area contributed by atoms with Crippen LogP contribution in [-0.2, 0) is 13.9 Å². The van der Waals surface area contributed by atoms with Crippen LogP contribution >= 0.6 is 34.8 Å². The second kappa shape index (κ2) is 22.4. The molecule has 4 aromatic carbocycles. The number of carbonyl (C=O) groups is 5. The number of carbonyl (C=O) groups excluding carboxylic acids is 5. The zero-order valence-corrected chi connectivity index (χ0v) is 47.5. The normalized spacial score (nSPS) is 19.3. The van der Waals surface area contributed by atoms with Gasteiger partial charge in [-0.25, -0.2) is 14.5 Å². The van der Waals surface area contributed by atoms with Crippen LogP contribution in [0.5, 0.6) is 23.0 Å². The van der Waals surface area contributed by atoms with Gasteiger partial charge in [0.15, 0.2) is 37.5 Å². The summed E-state index contributed by atoms with van der Waals surface area (Å²) in [7, 11) is 0.131. The van der Waals surface area contributed by atoms with E-state index in [2.05, 4.69) is 20.8 Å². The smallest absolute Gasteiger partial charge is 0.416 e. The predicted octanol–water partition coefficient (Wildman–Crippen LogP) is 12.2. The standard InChI is InChI=1S/C56H63Cl3N4O12Si/c1-11-71-53(67)62-34(3)42-23-38(36-17-13-33(2)14-18-36)29-60(42)50(65)40-25-46(69-7)48(27-43(40)62)72-21-12-22-73-49-28-44-41(26-47(49)70-8)51(66)61-30-39(37-19-15-35(31-64)16-20-37)24-45(61)52(75-76(9,10)55(4,5)6)63(44)54(68)74-32-56(57,58)59/h13-20,25-31,34,42,45,52H,11-12,21-24,32H2,1-10H3/t34-,42-,45-,52-/m0/s1. The first kappa shape index (κ1) is 56.0. The SMILES string of the molecule is CCOC(=O)N1c2cc(OCCCOc3cc4c(cc3OC)C(=O)N3C=C(c5ccc(C=O)cc5)C[C@H]3[C@H](O[Si](C)(C)C(C)(C)C)N4C(=O)OCC(Cl)(Cl)Cl)c(OC)cc2C(=O)N2C=C(c3ccc(C)cc3)C[C@H]2[C@@H]1C. The van der Waals surface area contributed by atoms with Crippen LogP contribution in [0, 0.1) is 6.92 Å². The summed E-state index contributed by atoms with van der Waals surface area (Å²) in [5, 5.41) is -0.347. The Morgan fingerprint density at radius 1 is 0.711 bits per heavy atom. The fourth-order valence-corrected chi connectivity index (χ4v) is 10.9. The van der Waals surface area contributed by atoms with Crippen LogP contribution in [0.15, 0.2) is 85.2 Å². The molecule has 20 heteroatoms. The molecule has 0 fully saturated rings. The van der Waals surface area contributed by atoms with E-state index in [0.717, 1.165) is 34.1 Å². The highest BCUT2D eigenvalue weighted by Crippen LogP contribution is 2.48. The molecule has 4 aliphatic heterocycles. The van der Waals surface area contributed by atoms with Gasteiger partial charge in [0.2, 0.25) is 3.79 Å². The van der Waals surface area contributed by atoms with Gasteiger partial charge in [-0.15, -0.1) is 0 Å². The van der Waals surface area contributed by atoms with Gasteiger partial charge in [-0.2, -0.15) is 0 Å². The van der Waals surface area contributed by atoms with E-state index in [1.54, 1.807) is 53.3 Å². The molecule has 8 rings (SSSR count). The second-order valence-corrected chi connectivity index (χ2v) is 27.9. The quantitative estimate of drug-likeness (QED) is 0.0480. The summed E-state index contributed by atoms with van der Waals surface area (Å²) in [6, 6.07) is 19.8. The summed E-state index contributed by atoms with van der Waals surface area (Å²) < 4.78 is 40.8. The molecule has 0 bridgehead atoms. The predicted molar refractivity (Wildman–Crippen MR) is 295 cm³/mol. The molecule has 0 aromatic heterocycles. The summed E-state index contributed by atoms with van der Waals surface area (Å²) in [5.41, 5.74) is 5.91. The molecule has 0 N–H and O–H groups in total. The number of hydrogen-bond acceptors (Lipinski definition) is 12. The number of nitrogens with zero attached hydrogens (tertiary/aromatic N) is 4. The van der Waals surface area contributed by atoms with Crippen molar-refractivity contribution >= 4 is 95.9 Å². The number of ether oxygens (including phenoxy) is 6. The van der Waals surface area contributed by atoms with E-state index < -0.39 is 55.1 Å². The highest BCUT2D eigenvalue weighted by molar-refractivity contribution is 6.74. The van der Waals surface area contributed by atoms with Gasteiger partial charge in [0.1, 0.15) is 12.9 Å². The van der Waals surface area contributed by atoms with E-state index in [9.17, 15) is 24.0 Å². The number of methoxy groups -OCH3 is 2. The lowest BCUT2D eigenvalue weighted by Gasteiger charge is -2.44. The van der Waals surface area contributed by atoms with Gasteiger partial charge >= 0.3 is 12.2 Å². The number of hydrogen-bond donors (Lipinski definition) is 0. The number of aldehydes is 1. The molecule has 76 heavy (non-hydrogen) atoms. The Bertz CT molecular complexity index is 2960. The number of rotatable bonds is 15. The first-order valence-corrected chi connectivity index (χ1v) is 29.1. The lowest BCUT2D eigenvalue weighted by molar-refractivity contribution is 0.0585. The van der Waals surface area contributed by atoms with Crippen molar-refractivity contribution in [1.82, 2.24) is 9.80 Å². The van der Waals surface area contributed by atoms with Crippen molar-refractivity contribution in [2.24, 2.45) is 0 Å². The van der Waals surface area contributed by atoms with E-state index in [-0.39, 0.29) is 83.0 Å². The maximum Gasteiger partial charge on any atom is 0.416 e. The second-order valence-electron chi connectivity index (χ2n) is 20.6. The van der Waals surface area contributed by atoms with Crippen molar-refractivity contribution in [1.29, 1.82) is 0 Å². The highest BCUT2D eigenvalue weighted by Gasteiger charge is 2.52. The van der Waals surface area contributed by atoms with Gasteiger partial charge in [0.05, 0.1) is 74.7 Å². The topological polar surface area (TPSA) is 163 Å². The minimum atomic E-state index is -2.78. The Labute approximate surface area is 459 Å². The average molecular weight is 1120 g/mol. The molecule has 0 spiro atoms. The molecule has 0 radical (unpaired) electrons. The molecule has 4 amide bonds. The Balaban J connectivity index is 1.09. The average Bonchev–Trinajstić information content (AvgIpc) is 4.02. The maximum absolute atomic E-state index is 15.0. The van der Waals surface area contributed by atoms with Gasteiger partial charge in [-0.1, -0.05) is 110 Å². The van der Waals surface area contributed by atoms with Gasteiger partial charge in [0, 0.05) is 36.5 Å². The lowest BCUT2D eigenvalue weighted by atomic mass is 9.97. The van der Waals surface area contributed by atoms with E-state index in [1.807, 2.05) is 69.5 Å². The molecule has 4 aromatic rings. The first-order valence-electron chi connectivity index (χ1n) is 25.0. The lowest BCUT2D eigenvalue weighted by Crippen LogP contribution is -2.58. The third kappa shape index (κ3) is 11.4. The molecule has 0 saturated carbocycles. The number of alkyl halides is 3. The molecule has 0 aliphatic carbocycles. The minimum absolute atomic E-state index is 0.0540. The van der Waals surface area contributed by atoms with Crippen molar-refractivity contribution in [3.05, 3.63) is 119 Å². The van der Waals surface area contributed by atoms with Gasteiger partial charge in [-0.3, -0.25) is 19.3 Å². The van der Waals surface area contributed by atoms with Crippen molar-refractivity contribution in [2.75, 3.05) is 50.4 Å². The summed E-state index contributed by atoms with van der Waals surface area (Å²) in [5.74, 6) is 0.192. The van der Waals surface area contributed by atoms with E-state index >= 15 is 0 Å². The van der Waals surface area contributed by atoms with Crippen molar-refractivity contribution in [2.45, 2.75) is 107 Å². The van der Waals surface area contributed by atoms with E-state index in [0.29, 0.717) is 24.1 Å². The largest absolute Gasteiger partial charge is 0.493 e. The number of amides is 4. The fourth-order valence-electron chi connectivity index (χ4n) is 9.54. The number of anilines is 2. The van der Waals surface area contributed by atoms with Crippen molar-refractivity contribution in [3.63, 3.8) is 0 Å². The van der Waals surface area contributed by atoms with Crippen LogP contribution in [0.25, 0.3) is 11.1 Å². The van der Waals surface area contributed by atoms with Crippen LogP contribution in [0.1, 0.15) is 102 Å². The van der Waals surface area contributed by atoms with E-state index in [4.69, 9.17) is 67.7 Å². The Morgan fingerprint density at radius 2 is 1.20 bits per heavy atom. The van der Waals surface area contributed by atoms with Gasteiger partial charge in [0.25, 0.3) is 11.8 Å². The number of halogens is 3. The first-order chi connectivity index (χ1) is 36.0. The molecule has 0 saturated heterocycles. The monoisotopic (exact) mass is 1120 g/mol. The molecule has 16 nitrogen and oxygen atoms in total. The van der Waals surface area contributed by atoms with Gasteiger partial charge < -0.3 is 42.6 Å². The van der Waals surface area contributed by atoms with E-state index in [1.165, 1.54) is 30.1 Å². The molecule has 404 valence electrons. The van der Waals surface area contributed by atoms with Crippen LogP contribution in [0.4, 0.5) is 21.0 Å². The summed E-state index contributed by atoms with van der Waals surface area (Å²) in [6.45, 7) is 15.6. The fraction of sp³-hybridized carbons (Fsp3) is 0.411. The molecule has 4 heterocycles. The summed E-state index contributed by atoms with van der Waals surface area (Å²) in [4.78, 5) is 75.6. The molecule has 4 aliphatic rings. The van der Waals surface area contributed by atoms with Gasteiger partial charge in [-0.05, 0) is 86.2 Å². The van der Waals surface area contributed by atoms with Crippen LogP contribution in [-0.4, -0.2) is 117 Å². The molecular formula is C56H63Cl3N4O12Si.